The predicted molar refractivity (Wildman–Crippen MR) is 72.0 cm³/mol. The molecule has 5 heteroatoms. The van der Waals surface area contributed by atoms with Crippen molar-refractivity contribution in [3.8, 4) is 11.8 Å². The molecule has 5 nitrogen and oxygen atoms in total. The van der Waals surface area contributed by atoms with Gasteiger partial charge in [0.1, 0.15) is 6.61 Å². The van der Waals surface area contributed by atoms with E-state index in [9.17, 15) is 9.59 Å². The zero-order valence-electron chi connectivity index (χ0n) is 11.9. The highest BCUT2D eigenvalue weighted by Crippen LogP contribution is 2.09. The van der Waals surface area contributed by atoms with Gasteiger partial charge in [0.2, 0.25) is 0 Å². The van der Waals surface area contributed by atoms with Gasteiger partial charge in [0, 0.05) is 13.5 Å². The highest BCUT2D eigenvalue weighted by Gasteiger charge is 2.15. The molecule has 0 aromatic carbocycles. The molecule has 0 saturated heterocycles. The molecule has 0 bridgehead atoms. The minimum Gasteiger partial charge on any atom is -0.462 e. The summed E-state index contributed by atoms with van der Waals surface area (Å²) in [7, 11) is 0. The second-order valence-corrected chi connectivity index (χ2v) is 4.74. The first-order valence-electron chi connectivity index (χ1n) is 5.99. The summed E-state index contributed by atoms with van der Waals surface area (Å²) in [5, 5.41) is 1.64. The van der Waals surface area contributed by atoms with Gasteiger partial charge in [-0.05, 0) is 32.8 Å². The third-order valence-electron chi connectivity index (χ3n) is 1.68. The van der Waals surface area contributed by atoms with Crippen molar-refractivity contribution >= 4 is 12.3 Å². The van der Waals surface area contributed by atoms with Crippen LogP contribution in [0.15, 0.2) is 12.2 Å². The Labute approximate surface area is 114 Å². The lowest BCUT2D eigenvalue weighted by Crippen LogP contribution is -2.34. The number of hydrogen-bond donors (Lipinski definition) is 0. The summed E-state index contributed by atoms with van der Waals surface area (Å²) >= 11 is 0. The lowest BCUT2D eigenvalue weighted by molar-refractivity contribution is -0.216. The van der Waals surface area contributed by atoms with Crippen molar-refractivity contribution in [2.75, 3.05) is 19.7 Å². The van der Waals surface area contributed by atoms with Crippen LogP contribution in [0.5, 0.6) is 0 Å². The van der Waals surface area contributed by atoms with Gasteiger partial charge in [0.05, 0.1) is 12.1 Å². The fourth-order valence-electron chi connectivity index (χ4n) is 1.12. The first-order chi connectivity index (χ1) is 8.85. The lowest BCUT2D eigenvalue weighted by Gasteiger charge is -2.27. The van der Waals surface area contributed by atoms with Crippen LogP contribution >= 0.6 is 0 Å². The minimum atomic E-state index is -0.341. The lowest BCUT2D eigenvalue weighted by atomic mass is 10.2. The van der Waals surface area contributed by atoms with Gasteiger partial charge in [-0.15, -0.1) is 0 Å². The van der Waals surface area contributed by atoms with Gasteiger partial charge in [-0.3, -0.25) is 14.4 Å². The smallest absolute Gasteiger partial charge is 0.302 e. The van der Waals surface area contributed by atoms with Gasteiger partial charge >= 0.3 is 5.97 Å². The van der Waals surface area contributed by atoms with E-state index in [0.717, 1.165) is 0 Å². The molecule has 0 aliphatic carbocycles. The van der Waals surface area contributed by atoms with Crippen LogP contribution in [0.1, 0.15) is 27.7 Å². The summed E-state index contributed by atoms with van der Waals surface area (Å²) in [4.78, 5) is 26.4. The van der Waals surface area contributed by atoms with Crippen molar-refractivity contribution in [2.24, 2.45) is 0 Å². The topological polar surface area (TPSA) is 55.8 Å². The number of carbonyl (C=O) groups excluding carboxylic acids is 2. The zero-order valence-corrected chi connectivity index (χ0v) is 11.9. The number of aldehydes is 1. The summed E-state index contributed by atoms with van der Waals surface area (Å²) in [5.74, 6) is 4.70. The molecule has 0 atom stereocenters. The molecule has 0 aliphatic rings. The number of ether oxygens (including phenoxy) is 1. The molecule has 19 heavy (non-hydrogen) atoms. The molecule has 0 spiro atoms. The molecule has 0 aliphatic heterocycles. The zero-order chi connectivity index (χ0) is 14.7. The van der Waals surface area contributed by atoms with Crippen LogP contribution in [-0.2, 0) is 19.2 Å². The van der Waals surface area contributed by atoms with E-state index < -0.39 is 0 Å². The van der Waals surface area contributed by atoms with Crippen LogP contribution in [0.4, 0.5) is 0 Å². The highest BCUT2D eigenvalue weighted by atomic mass is 16.7. The van der Waals surface area contributed by atoms with Crippen molar-refractivity contribution in [1.82, 2.24) is 5.06 Å². The number of rotatable bonds is 6. The summed E-state index contributed by atoms with van der Waals surface area (Å²) in [6.07, 6.45) is 4.09. The summed E-state index contributed by atoms with van der Waals surface area (Å²) in [5.41, 5.74) is -0.341. The van der Waals surface area contributed by atoms with Crippen molar-refractivity contribution in [1.29, 1.82) is 0 Å². The van der Waals surface area contributed by atoms with Crippen molar-refractivity contribution in [3.05, 3.63) is 12.2 Å². The largest absolute Gasteiger partial charge is 0.462 e. The van der Waals surface area contributed by atoms with Gasteiger partial charge in [0.15, 0.2) is 6.29 Å². The molecule has 0 saturated carbocycles. The van der Waals surface area contributed by atoms with Crippen molar-refractivity contribution in [3.63, 3.8) is 0 Å². The van der Waals surface area contributed by atoms with Crippen LogP contribution in [0.25, 0.3) is 0 Å². The molecular weight excluding hydrogens is 246 g/mol. The maximum atomic E-state index is 10.6. The Morgan fingerprint density at radius 2 is 2.00 bits per heavy atom. The molecular formula is C14H21NO4. The quantitative estimate of drug-likeness (QED) is 0.239. The SMILES string of the molecule is CC(=O)OCC=CCN(CC#CC=O)OC(C)(C)C. The van der Waals surface area contributed by atoms with E-state index in [-0.39, 0.29) is 18.2 Å². The maximum absolute atomic E-state index is 10.6. The molecule has 0 fully saturated rings. The van der Waals surface area contributed by atoms with Gasteiger partial charge in [0.25, 0.3) is 0 Å². The fourth-order valence-corrected chi connectivity index (χ4v) is 1.12. The molecule has 0 rings (SSSR count). The first kappa shape index (κ1) is 17.4. The Morgan fingerprint density at radius 3 is 2.53 bits per heavy atom. The second-order valence-electron chi connectivity index (χ2n) is 4.74. The van der Waals surface area contributed by atoms with E-state index in [1.807, 2.05) is 26.8 Å². The summed E-state index contributed by atoms with van der Waals surface area (Å²) in [6, 6.07) is 0. The monoisotopic (exact) mass is 267 g/mol. The second kappa shape index (κ2) is 9.31. The van der Waals surface area contributed by atoms with E-state index in [4.69, 9.17) is 9.57 Å². The highest BCUT2D eigenvalue weighted by molar-refractivity contribution is 5.72. The van der Waals surface area contributed by atoms with E-state index >= 15 is 0 Å². The Bertz CT molecular complexity index is 371. The Balaban J connectivity index is 4.25. The van der Waals surface area contributed by atoms with E-state index in [1.165, 1.54) is 6.92 Å². The Hall–Kier alpha value is -1.64. The van der Waals surface area contributed by atoms with E-state index in [2.05, 4.69) is 11.8 Å². The molecule has 0 radical (unpaired) electrons. The molecule has 0 aromatic rings. The number of hydroxylamine groups is 2. The van der Waals surface area contributed by atoms with Gasteiger partial charge in [-0.2, -0.15) is 5.06 Å². The third-order valence-corrected chi connectivity index (χ3v) is 1.68. The van der Waals surface area contributed by atoms with Gasteiger partial charge in [-0.1, -0.05) is 12.0 Å². The molecule has 106 valence electrons. The number of esters is 1. The summed E-state index contributed by atoms with van der Waals surface area (Å²) < 4.78 is 4.76. The maximum Gasteiger partial charge on any atom is 0.302 e. The number of hydrogen-bond acceptors (Lipinski definition) is 5. The van der Waals surface area contributed by atoms with Crippen LogP contribution < -0.4 is 0 Å². The standard InChI is InChI=1S/C14H21NO4/c1-13(17)18-12-8-6-10-15(9-5-7-11-16)19-14(2,3)4/h6,8,11H,9-10,12H2,1-4H3. The van der Waals surface area contributed by atoms with Crippen LogP contribution in [0, 0.1) is 11.8 Å². The van der Waals surface area contributed by atoms with Crippen molar-refractivity contribution < 1.29 is 19.2 Å². The Morgan fingerprint density at radius 1 is 1.32 bits per heavy atom. The van der Waals surface area contributed by atoms with E-state index in [0.29, 0.717) is 19.4 Å². The van der Waals surface area contributed by atoms with Gasteiger partial charge in [-0.25, -0.2) is 0 Å². The Kier molecular flexibility index (Phi) is 8.51. The molecule has 0 amide bonds. The molecule has 0 unspecified atom stereocenters. The average Bonchev–Trinajstić information content (AvgIpc) is 2.26. The van der Waals surface area contributed by atoms with Crippen molar-refractivity contribution in [2.45, 2.75) is 33.3 Å². The first-order valence-corrected chi connectivity index (χ1v) is 5.99. The summed E-state index contributed by atoms with van der Waals surface area (Å²) in [6.45, 7) is 8.19. The number of nitrogens with zero attached hydrogens (tertiary/aromatic N) is 1. The molecule has 0 heterocycles. The van der Waals surface area contributed by atoms with Gasteiger partial charge < -0.3 is 4.74 Å². The van der Waals surface area contributed by atoms with Crippen LogP contribution in [0.3, 0.4) is 0 Å². The minimum absolute atomic E-state index is 0.235. The normalized spacial score (nSPS) is 11.2. The third kappa shape index (κ3) is 12.6. The molecule has 0 N–H and O–H groups in total. The van der Waals surface area contributed by atoms with Crippen LogP contribution in [0.2, 0.25) is 0 Å². The predicted octanol–water partition coefficient (Wildman–Crippen LogP) is 1.34. The molecule has 0 aromatic heterocycles. The average molecular weight is 267 g/mol. The van der Waals surface area contributed by atoms with E-state index in [1.54, 1.807) is 11.1 Å². The fraction of sp³-hybridized carbons (Fsp3) is 0.571. The number of carbonyl (C=O) groups is 2. The van der Waals surface area contributed by atoms with Crippen LogP contribution in [-0.4, -0.2) is 42.6 Å².